The van der Waals surface area contributed by atoms with Gasteiger partial charge in [-0.3, -0.25) is 19.3 Å². The van der Waals surface area contributed by atoms with Crippen LogP contribution in [0.4, 0.5) is 0 Å². The Morgan fingerprint density at radius 2 is 1.70 bits per heavy atom. The van der Waals surface area contributed by atoms with Gasteiger partial charge in [0.1, 0.15) is 11.5 Å². The molecule has 6 nitrogen and oxygen atoms in total. The maximum absolute atomic E-state index is 13.5. The van der Waals surface area contributed by atoms with Gasteiger partial charge in [-0.15, -0.1) is 0 Å². The predicted octanol–water partition coefficient (Wildman–Crippen LogP) is 3.63. The van der Waals surface area contributed by atoms with Crippen LogP contribution >= 0.6 is 0 Å². The summed E-state index contributed by atoms with van der Waals surface area (Å²) in [7, 11) is 0. The fourth-order valence-corrected chi connectivity index (χ4v) is 3.86. The lowest BCUT2D eigenvalue weighted by atomic mass is 9.73. The number of hydrogen-bond donors (Lipinski definition) is 0. The lowest BCUT2D eigenvalue weighted by Crippen LogP contribution is -2.40. The second-order valence-corrected chi connectivity index (χ2v) is 7.47. The van der Waals surface area contributed by atoms with Gasteiger partial charge in [0.25, 0.3) is 0 Å². The highest BCUT2D eigenvalue weighted by Crippen LogP contribution is 2.45. The first-order valence-corrected chi connectivity index (χ1v) is 10.2. The molecule has 158 valence electrons. The van der Waals surface area contributed by atoms with E-state index in [2.05, 4.69) is 0 Å². The standard InChI is InChI=1S/C24H27NO5/c1-5-29-18-12-13-21(30-6-2)19(14-18)24(4)16(3)22(27)25(23(24)28)15-20(26)17-10-8-7-9-11-17/h7-14,16H,5-6,15H2,1-4H3. The number of ether oxygens (including phenoxy) is 2. The van der Waals surface area contributed by atoms with Crippen molar-refractivity contribution in [3.63, 3.8) is 0 Å². The van der Waals surface area contributed by atoms with Crippen molar-refractivity contribution in [1.29, 1.82) is 0 Å². The van der Waals surface area contributed by atoms with E-state index < -0.39 is 17.2 Å². The van der Waals surface area contributed by atoms with E-state index in [-0.39, 0.29) is 18.2 Å². The summed E-state index contributed by atoms with van der Waals surface area (Å²) < 4.78 is 11.4. The molecule has 2 unspecified atom stereocenters. The number of carbonyl (C=O) groups excluding carboxylic acids is 3. The smallest absolute Gasteiger partial charge is 0.240 e. The Labute approximate surface area is 176 Å². The molecule has 2 aromatic carbocycles. The maximum Gasteiger partial charge on any atom is 0.240 e. The predicted molar refractivity (Wildman–Crippen MR) is 113 cm³/mol. The van der Waals surface area contributed by atoms with Crippen LogP contribution < -0.4 is 9.47 Å². The van der Waals surface area contributed by atoms with Crippen molar-refractivity contribution >= 4 is 17.6 Å². The molecule has 6 heteroatoms. The monoisotopic (exact) mass is 409 g/mol. The zero-order valence-corrected chi connectivity index (χ0v) is 17.8. The van der Waals surface area contributed by atoms with Gasteiger partial charge in [-0.2, -0.15) is 0 Å². The third-order valence-electron chi connectivity index (χ3n) is 5.71. The first kappa shape index (κ1) is 21.6. The normalized spacial score (nSPS) is 21.1. The van der Waals surface area contributed by atoms with E-state index in [1.165, 1.54) is 0 Å². The van der Waals surface area contributed by atoms with Gasteiger partial charge in [0.15, 0.2) is 5.78 Å². The molecule has 3 rings (SSSR count). The molecule has 2 atom stereocenters. The lowest BCUT2D eigenvalue weighted by molar-refractivity contribution is -0.139. The molecule has 2 aromatic rings. The molecule has 1 aliphatic rings. The summed E-state index contributed by atoms with van der Waals surface area (Å²) in [6, 6.07) is 14.0. The molecule has 0 aromatic heterocycles. The number of nitrogens with zero attached hydrogens (tertiary/aromatic N) is 1. The highest BCUT2D eigenvalue weighted by molar-refractivity contribution is 6.13. The van der Waals surface area contributed by atoms with Crippen LogP contribution in [-0.2, 0) is 15.0 Å². The van der Waals surface area contributed by atoms with Gasteiger partial charge in [0, 0.05) is 11.1 Å². The van der Waals surface area contributed by atoms with E-state index in [9.17, 15) is 14.4 Å². The highest BCUT2D eigenvalue weighted by atomic mass is 16.5. The van der Waals surface area contributed by atoms with Gasteiger partial charge in [0.2, 0.25) is 11.8 Å². The first-order chi connectivity index (χ1) is 14.3. The van der Waals surface area contributed by atoms with E-state index in [1.807, 2.05) is 19.9 Å². The maximum atomic E-state index is 13.5. The molecule has 0 bridgehead atoms. The molecule has 0 N–H and O–H groups in total. The molecule has 0 saturated carbocycles. The molecule has 30 heavy (non-hydrogen) atoms. The Bertz CT molecular complexity index is 955. The Morgan fingerprint density at radius 1 is 1.03 bits per heavy atom. The van der Waals surface area contributed by atoms with E-state index in [4.69, 9.17) is 9.47 Å². The van der Waals surface area contributed by atoms with E-state index in [0.29, 0.717) is 35.8 Å². The fourth-order valence-electron chi connectivity index (χ4n) is 3.86. The molecular formula is C24H27NO5. The SMILES string of the molecule is CCOc1ccc(OCC)c(C2(C)C(=O)N(CC(=O)c3ccccc3)C(=O)C2C)c1. The Balaban J connectivity index is 1.99. The average Bonchev–Trinajstić information content (AvgIpc) is 2.92. The second kappa shape index (κ2) is 8.69. The number of ketones is 1. The zero-order chi connectivity index (χ0) is 21.9. The van der Waals surface area contributed by atoms with Crippen LogP contribution in [0.1, 0.15) is 43.6 Å². The summed E-state index contributed by atoms with van der Waals surface area (Å²) in [6.45, 7) is 7.81. The first-order valence-electron chi connectivity index (χ1n) is 10.2. The minimum absolute atomic E-state index is 0.276. The highest BCUT2D eigenvalue weighted by Gasteiger charge is 2.56. The summed E-state index contributed by atoms with van der Waals surface area (Å²) in [5.74, 6) is -0.558. The Morgan fingerprint density at radius 3 is 2.33 bits per heavy atom. The number of benzene rings is 2. The summed E-state index contributed by atoms with van der Waals surface area (Å²) >= 11 is 0. The third-order valence-corrected chi connectivity index (χ3v) is 5.71. The number of amides is 2. The lowest BCUT2D eigenvalue weighted by Gasteiger charge is -2.28. The van der Waals surface area contributed by atoms with Crippen molar-refractivity contribution in [3.8, 4) is 11.5 Å². The van der Waals surface area contributed by atoms with Crippen LogP contribution in [0.25, 0.3) is 0 Å². The van der Waals surface area contributed by atoms with Crippen LogP contribution in [-0.4, -0.2) is 42.3 Å². The van der Waals surface area contributed by atoms with Gasteiger partial charge in [-0.05, 0) is 39.0 Å². The third kappa shape index (κ3) is 3.70. The minimum atomic E-state index is -1.16. The molecule has 1 saturated heterocycles. The van der Waals surface area contributed by atoms with E-state index in [0.717, 1.165) is 4.90 Å². The van der Waals surface area contributed by atoms with Crippen molar-refractivity contribution < 1.29 is 23.9 Å². The Kier molecular flexibility index (Phi) is 6.25. The van der Waals surface area contributed by atoms with Gasteiger partial charge in [-0.25, -0.2) is 0 Å². The topological polar surface area (TPSA) is 72.9 Å². The van der Waals surface area contributed by atoms with Crippen molar-refractivity contribution in [2.75, 3.05) is 19.8 Å². The summed E-state index contributed by atoms with van der Waals surface area (Å²) in [5, 5.41) is 0. The van der Waals surface area contributed by atoms with E-state index in [1.54, 1.807) is 56.3 Å². The number of likely N-dealkylation sites (tertiary alicyclic amines) is 1. The summed E-state index contributed by atoms with van der Waals surface area (Å²) in [5.41, 5.74) is -0.102. The van der Waals surface area contributed by atoms with Crippen molar-refractivity contribution in [2.45, 2.75) is 33.1 Å². The van der Waals surface area contributed by atoms with Crippen molar-refractivity contribution in [3.05, 3.63) is 59.7 Å². The zero-order valence-electron chi connectivity index (χ0n) is 17.8. The van der Waals surface area contributed by atoms with Crippen molar-refractivity contribution in [2.24, 2.45) is 5.92 Å². The number of Topliss-reactive ketones (excluding diaryl/α,β-unsaturated/α-hetero) is 1. The van der Waals surface area contributed by atoms with Crippen molar-refractivity contribution in [1.82, 2.24) is 4.90 Å². The minimum Gasteiger partial charge on any atom is -0.494 e. The molecule has 0 aliphatic carbocycles. The number of rotatable bonds is 8. The molecule has 0 spiro atoms. The molecule has 1 fully saturated rings. The number of carbonyl (C=O) groups is 3. The Hall–Kier alpha value is -3.15. The number of hydrogen-bond acceptors (Lipinski definition) is 5. The summed E-state index contributed by atoms with van der Waals surface area (Å²) in [4.78, 5) is 40.3. The summed E-state index contributed by atoms with van der Waals surface area (Å²) in [6.07, 6.45) is 0. The van der Waals surface area contributed by atoms with Gasteiger partial charge in [-0.1, -0.05) is 37.3 Å². The quantitative estimate of drug-likeness (QED) is 0.492. The van der Waals surface area contributed by atoms with E-state index >= 15 is 0 Å². The van der Waals surface area contributed by atoms with Gasteiger partial charge >= 0.3 is 0 Å². The van der Waals surface area contributed by atoms with Gasteiger partial charge < -0.3 is 9.47 Å². The molecule has 0 radical (unpaired) electrons. The molecule has 2 amide bonds. The van der Waals surface area contributed by atoms with Crippen LogP contribution in [0.3, 0.4) is 0 Å². The van der Waals surface area contributed by atoms with Crippen LogP contribution in [0.5, 0.6) is 11.5 Å². The molecular weight excluding hydrogens is 382 g/mol. The van der Waals surface area contributed by atoms with Crippen LogP contribution in [0.2, 0.25) is 0 Å². The fraction of sp³-hybridized carbons (Fsp3) is 0.375. The molecule has 1 aliphatic heterocycles. The van der Waals surface area contributed by atoms with Crippen LogP contribution in [0.15, 0.2) is 48.5 Å². The molecule has 1 heterocycles. The average molecular weight is 409 g/mol. The number of imide groups is 1. The largest absolute Gasteiger partial charge is 0.494 e. The van der Waals surface area contributed by atoms with Gasteiger partial charge in [0.05, 0.1) is 31.1 Å². The second-order valence-electron chi connectivity index (χ2n) is 7.47. The van der Waals surface area contributed by atoms with Crippen LogP contribution in [0, 0.1) is 5.92 Å².